The molecule has 1 atom stereocenters. The van der Waals surface area contributed by atoms with Crippen LogP contribution in [-0.2, 0) is 11.3 Å². The molecule has 1 heterocycles. The Morgan fingerprint density at radius 1 is 1.14 bits per heavy atom. The fourth-order valence-electron chi connectivity index (χ4n) is 2.98. The first-order valence-corrected chi connectivity index (χ1v) is 11.1. The van der Waals surface area contributed by atoms with Crippen LogP contribution in [0, 0.1) is 5.82 Å². The summed E-state index contributed by atoms with van der Waals surface area (Å²) in [5.41, 5.74) is 2.04. The molecule has 3 rings (SSSR count). The summed E-state index contributed by atoms with van der Waals surface area (Å²) in [6.45, 7) is 0.982. The Kier molecular flexibility index (Phi) is 7.25. The molecule has 0 aliphatic rings. The summed E-state index contributed by atoms with van der Waals surface area (Å²) in [5.74, 6) is -0.349. The zero-order chi connectivity index (χ0) is 19.9. The quantitative estimate of drug-likeness (QED) is 0.530. The fraction of sp³-hybridized carbons (Fsp3) is 0.227. The van der Waals surface area contributed by atoms with Gasteiger partial charge in [-0.15, -0.1) is 23.1 Å². The zero-order valence-electron chi connectivity index (χ0n) is 15.9. The molecular weight excluding hydrogens is 391 g/mol. The lowest BCUT2D eigenvalue weighted by Gasteiger charge is -2.21. The lowest BCUT2D eigenvalue weighted by molar-refractivity contribution is -0.122. The number of benzene rings is 2. The Labute approximate surface area is 173 Å². The van der Waals surface area contributed by atoms with E-state index in [1.165, 1.54) is 22.6 Å². The van der Waals surface area contributed by atoms with Crippen molar-refractivity contribution in [3.63, 3.8) is 0 Å². The van der Waals surface area contributed by atoms with Crippen molar-refractivity contribution in [1.29, 1.82) is 0 Å². The van der Waals surface area contributed by atoms with Crippen molar-refractivity contribution in [3.8, 4) is 0 Å². The summed E-state index contributed by atoms with van der Waals surface area (Å²) in [4.78, 5) is 16.9. The van der Waals surface area contributed by atoms with Crippen LogP contribution in [0.25, 0.3) is 0 Å². The highest BCUT2D eigenvalue weighted by molar-refractivity contribution is 7.98. The lowest BCUT2D eigenvalue weighted by atomic mass is 10.1. The first kappa shape index (κ1) is 20.6. The monoisotopic (exact) mass is 414 g/mol. The number of rotatable bonds is 8. The summed E-state index contributed by atoms with van der Waals surface area (Å²) in [6.07, 6.45) is 2.05. The highest BCUT2D eigenvalue weighted by Crippen LogP contribution is 2.26. The number of carbonyl (C=O) groups excluding carboxylic acids is 1. The molecule has 2 aromatic carbocycles. The molecule has 0 aliphatic heterocycles. The van der Waals surface area contributed by atoms with Crippen molar-refractivity contribution < 1.29 is 9.18 Å². The van der Waals surface area contributed by atoms with E-state index in [9.17, 15) is 9.18 Å². The van der Waals surface area contributed by atoms with Crippen LogP contribution in [0.15, 0.2) is 70.9 Å². The van der Waals surface area contributed by atoms with Gasteiger partial charge in [-0.2, -0.15) is 0 Å². The van der Waals surface area contributed by atoms with E-state index in [0.717, 1.165) is 10.4 Å². The number of carbonyl (C=O) groups is 1. The second-order valence-corrected chi connectivity index (χ2v) is 8.45. The molecule has 3 aromatic rings. The largest absolute Gasteiger partial charge is 0.343 e. The molecule has 1 N–H and O–H groups in total. The molecule has 0 bridgehead atoms. The van der Waals surface area contributed by atoms with Gasteiger partial charge in [-0.25, -0.2) is 4.39 Å². The van der Waals surface area contributed by atoms with Crippen molar-refractivity contribution >= 4 is 29.0 Å². The van der Waals surface area contributed by atoms with Crippen molar-refractivity contribution in [2.75, 3.05) is 19.8 Å². The standard InChI is InChI=1S/C22H23FN2OS2/c1-25(14-16-5-11-19(27-2)12-6-16)15-21(26)24-22(20-4-3-13-28-20)17-7-9-18(23)10-8-17/h3-13,22H,14-15H2,1-2H3,(H,24,26)/t22-/m0/s1. The van der Waals surface area contributed by atoms with Gasteiger partial charge in [-0.3, -0.25) is 9.69 Å². The number of halogens is 1. The van der Waals surface area contributed by atoms with Crippen LogP contribution in [0.1, 0.15) is 22.0 Å². The van der Waals surface area contributed by atoms with E-state index >= 15 is 0 Å². The van der Waals surface area contributed by atoms with Crippen LogP contribution in [-0.4, -0.2) is 30.7 Å². The predicted molar refractivity (Wildman–Crippen MR) is 115 cm³/mol. The van der Waals surface area contributed by atoms with Gasteiger partial charge in [0.25, 0.3) is 0 Å². The average molecular weight is 415 g/mol. The molecule has 1 amide bonds. The van der Waals surface area contributed by atoms with Crippen LogP contribution in [0.5, 0.6) is 0 Å². The Morgan fingerprint density at radius 3 is 2.46 bits per heavy atom. The molecule has 1 aromatic heterocycles. The molecule has 3 nitrogen and oxygen atoms in total. The highest BCUT2D eigenvalue weighted by Gasteiger charge is 2.19. The Morgan fingerprint density at radius 2 is 1.86 bits per heavy atom. The van der Waals surface area contributed by atoms with Crippen molar-refractivity contribution in [2.24, 2.45) is 0 Å². The molecular formula is C22H23FN2OS2. The summed E-state index contributed by atoms with van der Waals surface area (Å²) >= 11 is 3.28. The number of thiophene rings is 1. The molecule has 6 heteroatoms. The predicted octanol–water partition coefficient (Wildman–Crippen LogP) is 4.95. The van der Waals surface area contributed by atoms with E-state index in [0.29, 0.717) is 6.54 Å². The van der Waals surface area contributed by atoms with Crippen LogP contribution in [0.3, 0.4) is 0 Å². The number of likely N-dealkylation sites (N-methyl/N-ethyl adjacent to an activating group) is 1. The number of hydrogen-bond acceptors (Lipinski definition) is 4. The molecule has 0 saturated heterocycles. The van der Waals surface area contributed by atoms with Crippen molar-refractivity contribution in [1.82, 2.24) is 10.2 Å². The van der Waals surface area contributed by atoms with E-state index < -0.39 is 0 Å². The number of nitrogens with zero attached hydrogens (tertiary/aromatic N) is 1. The van der Waals surface area contributed by atoms with Crippen LogP contribution < -0.4 is 5.32 Å². The third-order valence-electron chi connectivity index (χ3n) is 4.36. The normalized spacial score (nSPS) is 12.1. The fourth-order valence-corrected chi connectivity index (χ4v) is 4.19. The van der Waals surface area contributed by atoms with Crippen LogP contribution in [0.2, 0.25) is 0 Å². The maximum Gasteiger partial charge on any atom is 0.234 e. The SMILES string of the molecule is CSc1ccc(CN(C)CC(=O)N[C@@H](c2ccc(F)cc2)c2cccs2)cc1. The molecule has 0 aliphatic carbocycles. The maximum atomic E-state index is 13.3. The molecule has 0 radical (unpaired) electrons. The molecule has 0 saturated carbocycles. The van der Waals surface area contributed by atoms with Gasteiger partial charge in [0, 0.05) is 16.3 Å². The number of amides is 1. The summed E-state index contributed by atoms with van der Waals surface area (Å²) in [5, 5.41) is 5.07. The van der Waals surface area contributed by atoms with E-state index in [1.54, 1.807) is 35.2 Å². The number of hydrogen-bond donors (Lipinski definition) is 1. The summed E-state index contributed by atoms with van der Waals surface area (Å²) < 4.78 is 13.3. The number of thioether (sulfide) groups is 1. The minimum atomic E-state index is -0.285. The highest BCUT2D eigenvalue weighted by atomic mass is 32.2. The molecule has 146 valence electrons. The van der Waals surface area contributed by atoms with E-state index in [-0.39, 0.29) is 24.3 Å². The topological polar surface area (TPSA) is 32.3 Å². The Hall–Kier alpha value is -2.15. The maximum absolute atomic E-state index is 13.3. The van der Waals surface area contributed by atoms with Gasteiger partial charge in [0.15, 0.2) is 0 Å². The zero-order valence-corrected chi connectivity index (χ0v) is 17.5. The second kappa shape index (κ2) is 9.87. The molecule has 28 heavy (non-hydrogen) atoms. The molecule has 0 fully saturated rings. The minimum absolute atomic E-state index is 0.0639. The number of nitrogens with one attached hydrogen (secondary N) is 1. The third kappa shape index (κ3) is 5.67. The van der Waals surface area contributed by atoms with Gasteiger partial charge >= 0.3 is 0 Å². The minimum Gasteiger partial charge on any atom is -0.343 e. The molecule has 0 spiro atoms. The first-order chi connectivity index (χ1) is 13.5. The van der Waals surface area contributed by atoms with E-state index in [4.69, 9.17) is 0 Å². The van der Waals surface area contributed by atoms with Crippen LogP contribution in [0.4, 0.5) is 4.39 Å². The average Bonchev–Trinajstić information content (AvgIpc) is 3.22. The van der Waals surface area contributed by atoms with Gasteiger partial charge in [0.1, 0.15) is 5.82 Å². The van der Waals surface area contributed by atoms with Crippen molar-refractivity contribution in [3.05, 3.63) is 87.9 Å². The van der Waals surface area contributed by atoms with Gasteiger partial charge in [0.2, 0.25) is 5.91 Å². The summed E-state index contributed by atoms with van der Waals surface area (Å²) in [6, 6.07) is 18.3. The van der Waals surface area contributed by atoms with Crippen molar-refractivity contribution in [2.45, 2.75) is 17.5 Å². The van der Waals surface area contributed by atoms with Gasteiger partial charge in [-0.1, -0.05) is 30.3 Å². The smallest absolute Gasteiger partial charge is 0.234 e. The lowest BCUT2D eigenvalue weighted by Crippen LogP contribution is -2.37. The van der Waals surface area contributed by atoms with Gasteiger partial charge in [0.05, 0.1) is 12.6 Å². The van der Waals surface area contributed by atoms with E-state index in [2.05, 4.69) is 35.8 Å². The molecule has 0 unspecified atom stereocenters. The third-order valence-corrected chi connectivity index (χ3v) is 6.04. The summed E-state index contributed by atoms with van der Waals surface area (Å²) in [7, 11) is 1.93. The van der Waals surface area contributed by atoms with E-state index in [1.807, 2.05) is 29.5 Å². The van der Waals surface area contributed by atoms with Gasteiger partial charge in [-0.05, 0) is 60.1 Å². The Bertz CT molecular complexity index is 880. The van der Waals surface area contributed by atoms with Crippen LogP contribution >= 0.6 is 23.1 Å². The second-order valence-electron chi connectivity index (χ2n) is 6.59. The Balaban J connectivity index is 1.63. The first-order valence-electron chi connectivity index (χ1n) is 8.95. The van der Waals surface area contributed by atoms with Gasteiger partial charge < -0.3 is 5.32 Å².